The minimum absolute atomic E-state index is 0.0161. The summed E-state index contributed by atoms with van der Waals surface area (Å²) in [7, 11) is 5.87. The summed E-state index contributed by atoms with van der Waals surface area (Å²) < 4.78 is 28.8. The lowest BCUT2D eigenvalue weighted by atomic mass is 9.89. The van der Waals surface area contributed by atoms with Crippen LogP contribution in [0.4, 0.5) is 20.1 Å². The fourth-order valence-corrected chi connectivity index (χ4v) is 12.2. The first-order chi connectivity index (χ1) is 49.5. The van der Waals surface area contributed by atoms with E-state index in [0.717, 1.165) is 4.90 Å². The fraction of sp³-hybridized carbons (Fsp3) is 0.662. The highest BCUT2D eigenvalue weighted by atomic mass is 16.6. The maximum Gasteiger partial charge on any atom is 0.411 e. The zero-order valence-corrected chi connectivity index (χ0v) is 65.4. The molecule has 32 nitrogen and oxygen atoms in total. The number of primary amides is 1. The van der Waals surface area contributed by atoms with Crippen LogP contribution in [0.15, 0.2) is 54.6 Å². The second-order valence-electron chi connectivity index (χ2n) is 29.9. The number of benzene rings is 2. The van der Waals surface area contributed by atoms with Crippen molar-refractivity contribution in [2.45, 2.75) is 227 Å². The third kappa shape index (κ3) is 29.3. The smallest absolute Gasteiger partial charge is 0.411 e. The molecule has 13 amide bonds. The minimum atomic E-state index is -1.75. The van der Waals surface area contributed by atoms with Crippen LogP contribution in [-0.4, -0.2) is 224 Å². The normalized spacial score (nSPS) is 16.5. The van der Waals surface area contributed by atoms with E-state index in [4.69, 9.17) is 29.4 Å². The minimum Gasteiger partial charge on any atom is -0.457 e. The highest BCUT2D eigenvalue weighted by Crippen LogP contribution is 2.32. The topological polar surface area (TPSA) is 432 Å². The van der Waals surface area contributed by atoms with Crippen LogP contribution >= 0.6 is 0 Å². The molecule has 2 aromatic rings. The number of hydrogen-bond acceptors (Lipinski definition) is 19. The molecule has 1 aliphatic rings. The quantitative estimate of drug-likeness (QED) is 0.0253. The van der Waals surface area contributed by atoms with Crippen molar-refractivity contribution in [1.82, 2.24) is 57.2 Å². The van der Waals surface area contributed by atoms with E-state index in [2.05, 4.69) is 47.9 Å². The molecule has 3 rings (SSSR count). The van der Waals surface area contributed by atoms with Crippen molar-refractivity contribution < 1.29 is 91.1 Å². The number of alkyl carbamates (subject to hydrolysis) is 1. The molecule has 1 fully saturated rings. The highest BCUT2D eigenvalue weighted by molar-refractivity contribution is 5.99. The summed E-state index contributed by atoms with van der Waals surface area (Å²) in [4.78, 5) is 180. The largest absolute Gasteiger partial charge is 0.457 e. The third-order valence-electron chi connectivity index (χ3n) is 18.0. The van der Waals surface area contributed by atoms with E-state index in [-0.39, 0.29) is 54.8 Å². The number of aliphatic hydroxyl groups excluding tert-OH is 1. The van der Waals surface area contributed by atoms with Gasteiger partial charge in [-0.25, -0.2) is 19.2 Å². The van der Waals surface area contributed by atoms with E-state index in [0.29, 0.717) is 31.4 Å². The lowest BCUT2D eigenvalue weighted by molar-refractivity contribution is -0.166. The molecule has 0 aromatic heterocycles. The lowest BCUT2D eigenvalue weighted by Crippen LogP contribution is -2.60. The molecular weight excluding hydrogens is 1370 g/mol. The van der Waals surface area contributed by atoms with Crippen molar-refractivity contribution in [2.75, 3.05) is 66.4 Å². The molecule has 0 bridgehead atoms. The number of nitrogens with two attached hydrogens (primary N) is 1. The number of methoxy groups -OCH3 is 2. The molecule has 1 aliphatic heterocycles. The van der Waals surface area contributed by atoms with Gasteiger partial charge in [-0.05, 0) is 116 Å². The highest BCUT2D eigenvalue weighted by Gasteiger charge is 2.45. The molecule has 0 aliphatic carbocycles. The van der Waals surface area contributed by atoms with E-state index in [1.807, 2.05) is 19.9 Å². The number of rotatable bonds is 39. The first kappa shape index (κ1) is 91.0. The molecule has 1 unspecified atom stereocenters. The molecule has 594 valence electrons. The number of nitrogens with one attached hydrogen (secondary N) is 9. The summed E-state index contributed by atoms with van der Waals surface area (Å²) in [5.74, 6) is -9.29. The molecule has 32 heteroatoms. The van der Waals surface area contributed by atoms with Gasteiger partial charge in [0.05, 0.1) is 61.9 Å². The fourth-order valence-electron chi connectivity index (χ4n) is 12.2. The zero-order valence-electron chi connectivity index (χ0n) is 65.4. The Labute approximate surface area is 623 Å². The van der Waals surface area contributed by atoms with Gasteiger partial charge in [-0.3, -0.25) is 48.1 Å². The van der Waals surface area contributed by atoms with Crippen LogP contribution in [0.25, 0.3) is 0 Å². The van der Waals surface area contributed by atoms with Crippen molar-refractivity contribution in [3.8, 4) is 0 Å². The maximum atomic E-state index is 15.0. The number of likely N-dealkylation sites (N-methyl/N-ethyl adjacent to an activating group) is 2. The Kier molecular flexibility index (Phi) is 36.8. The number of amides is 13. The Morgan fingerprint density at radius 3 is 1.74 bits per heavy atom. The van der Waals surface area contributed by atoms with Gasteiger partial charge in [0.1, 0.15) is 41.9 Å². The lowest BCUT2D eigenvalue weighted by Gasteiger charge is -2.41. The number of carbonyl (C=O) groups excluding carboxylic acids is 13. The van der Waals surface area contributed by atoms with E-state index >= 15 is 4.79 Å². The van der Waals surface area contributed by atoms with Crippen molar-refractivity contribution >= 4 is 83.0 Å². The number of urea groups is 1. The molecule has 12 N–H and O–H groups in total. The van der Waals surface area contributed by atoms with Gasteiger partial charge in [0.25, 0.3) is 0 Å². The van der Waals surface area contributed by atoms with Gasteiger partial charge < -0.3 is 92.2 Å². The third-order valence-corrected chi connectivity index (χ3v) is 18.0. The van der Waals surface area contributed by atoms with Crippen molar-refractivity contribution in [2.24, 2.45) is 35.3 Å². The Morgan fingerprint density at radius 1 is 0.632 bits per heavy atom. The number of anilines is 1. The summed E-state index contributed by atoms with van der Waals surface area (Å²) in [5.41, 5.74) is 4.23. The van der Waals surface area contributed by atoms with Crippen LogP contribution in [0.1, 0.15) is 173 Å². The monoisotopic (exact) mass is 1490 g/mol. The Balaban J connectivity index is 1.82. The van der Waals surface area contributed by atoms with Crippen LogP contribution in [0.3, 0.4) is 0 Å². The maximum absolute atomic E-state index is 15.0. The molecule has 13 atom stereocenters. The van der Waals surface area contributed by atoms with E-state index in [9.17, 15) is 62.6 Å². The van der Waals surface area contributed by atoms with Gasteiger partial charge in [0.2, 0.25) is 59.3 Å². The molecule has 106 heavy (non-hydrogen) atoms. The number of aliphatic hydroxyl groups is 1. The molecule has 0 spiro atoms. The van der Waals surface area contributed by atoms with Crippen molar-refractivity contribution in [3.63, 3.8) is 0 Å². The Hall–Kier alpha value is -9.17. The number of esters is 1. The second-order valence-corrected chi connectivity index (χ2v) is 29.9. The molecule has 1 saturated heterocycles. The average Bonchev–Trinajstić information content (AvgIpc) is 1.15. The molecule has 1 heterocycles. The number of carbonyl (C=O) groups is 13. The van der Waals surface area contributed by atoms with Crippen LogP contribution in [0.5, 0.6) is 0 Å². The van der Waals surface area contributed by atoms with E-state index in [1.165, 1.54) is 50.4 Å². The number of likely N-dealkylation sites (tertiary alicyclic amines) is 1. The predicted molar refractivity (Wildman–Crippen MR) is 394 cm³/mol. The van der Waals surface area contributed by atoms with Gasteiger partial charge in [0.15, 0.2) is 0 Å². The molecule has 0 radical (unpaired) electrons. The summed E-state index contributed by atoms with van der Waals surface area (Å²) in [6, 6.07) is 6.91. The van der Waals surface area contributed by atoms with Gasteiger partial charge >= 0.3 is 24.2 Å². The van der Waals surface area contributed by atoms with Gasteiger partial charge in [-0.15, -0.1) is 0 Å². The summed E-state index contributed by atoms with van der Waals surface area (Å²) in [6.07, 6.45) is -4.51. The standard InChI is InChI=1S/C74H119N13O19/c1-21-44(8)60(52(102-19)37-56(91)87-36-26-30-51(87)62(103-20)45(9)64(93)80-46(10)61(92)47-27-23-22-24-28-47)85(17)68(97)58(42(4)5)84-67(96)59(43(6)7)86(18)72(101)104-63(69(98)105-73(11,12)13)48-31-33-49(34-32-48)81-65(94)50(29-25-35-76-70(75)99)82-66(95)57(41(2)3)83-55(90)40-78-53(88)38-77-54(89)39-79-71(100)106-74(14,15)16/h22-24,27-28,31-34,41-46,50-52,57-63,92H,21,25-26,29-30,35-40H2,1-20H3,(H,77,89)(H,78,88)(H,79,100)(H,80,93)(H,81,94)(H,82,95)(H,83,90)(H,84,96)(H3,75,76,99)/t44-,45+,46+,50-,51-,52+,57-,58-,59-,60-,61+,62+,63?/m0/s1. The van der Waals surface area contributed by atoms with Gasteiger partial charge in [-0.1, -0.05) is 111 Å². The van der Waals surface area contributed by atoms with Crippen LogP contribution < -0.4 is 53.6 Å². The van der Waals surface area contributed by atoms with E-state index < -0.39 is 187 Å². The number of hydrogen-bond donors (Lipinski definition) is 11. The average molecular weight is 1490 g/mol. The number of ether oxygens (including phenoxy) is 5. The van der Waals surface area contributed by atoms with Crippen molar-refractivity contribution in [3.05, 3.63) is 65.7 Å². The first-order valence-corrected chi connectivity index (χ1v) is 36.1. The molecule has 0 saturated carbocycles. The zero-order chi connectivity index (χ0) is 80.2. The Morgan fingerprint density at radius 2 is 1.21 bits per heavy atom. The summed E-state index contributed by atoms with van der Waals surface area (Å²) in [5, 5.41) is 34.0. The van der Waals surface area contributed by atoms with Gasteiger partial charge in [0, 0.05) is 52.7 Å². The Bertz CT molecular complexity index is 3270. The molecular formula is C74H119N13O19. The SMILES string of the molecule is CC[C@H](C)[C@@H]([C@@H](CC(=O)N1CCC[C@H]1[C@H](OC)[C@@H](C)C(=O)N[C@H](C)[C@@H](O)c1ccccc1)OC)N(C)C(=O)[C@@H](NC(=O)[C@H](C(C)C)N(C)C(=O)OC(C(=O)OC(C)(C)C)c1ccc(NC(=O)[C@H](CCCNC(N)=O)NC(=O)[C@@H](NC(=O)CNC(=O)CNC(=O)CNC(=O)OC(C)(C)C)C(C)C)cc1)C(C)C. The summed E-state index contributed by atoms with van der Waals surface area (Å²) in [6.45, 7) is 26.0. The number of nitrogens with zero attached hydrogens (tertiary/aromatic N) is 3. The molecule has 2 aromatic carbocycles. The van der Waals surface area contributed by atoms with Crippen LogP contribution in [-0.2, 0) is 71.6 Å². The van der Waals surface area contributed by atoms with Crippen LogP contribution in [0, 0.1) is 29.6 Å². The second kappa shape index (κ2) is 42.8. The van der Waals surface area contributed by atoms with Crippen molar-refractivity contribution in [1.29, 1.82) is 0 Å². The first-order valence-electron chi connectivity index (χ1n) is 36.1. The summed E-state index contributed by atoms with van der Waals surface area (Å²) >= 11 is 0. The van der Waals surface area contributed by atoms with E-state index in [1.54, 1.807) is 133 Å². The van der Waals surface area contributed by atoms with Gasteiger partial charge in [-0.2, -0.15) is 0 Å². The van der Waals surface area contributed by atoms with Crippen LogP contribution in [0.2, 0.25) is 0 Å². The predicted octanol–water partition coefficient (Wildman–Crippen LogP) is 4.23.